The fraction of sp³-hybridized carbons (Fsp3) is 0.250. The van der Waals surface area contributed by atoms with Crippen LogP contribution in [-0.4, -0.2) is 45.7 Å². The standard InChI is InChI=1S/C20H18N4O3S2/c25-19-16-8-4-5-9-17(16)29(26,27)23(19)12-13-28-20-21-18(14-10-11-14)24(22-20)15-6-2-1-3-7-15/h1-9,14H,10-13H2. The zero-order chi connectivity index (χ0) is 20.0. The van der Waals surface area contributed by atoms with Gasteiger partial charge >= 0.3 is 0 Å². The summed E-state index contributed by atoms with van der Waals surface area (Å²) in [5, 5.41) is 5.21. The highest BCUT2D eigenvalue weighted by molar-refractivity contribution is 7.99. The van der Waals surface area contributed by atoms with E-state index in [0.717, 1.165) is 28.7 Å². The van der Waals surface area contributed by atoms with Gasteiger partial charge in [-0.05, 0) is 37.1 Å². The van der Waals surface area contributed by atoms with E-state index < -0.39 is 15.9 Å². The number of thioether (sulfide) groups is 1. The van der Waals surface area contributed by atoms with Gasteiger partial charge in [0.15, 0.2) is 0 Å². The quantitative estimate of drug-likeness (QED) is 0.563. The molecule has 0 saturated heterocycles. The summed E-state index contributed by atoms with van der Waals surface area (Å²) in [5.41, 5.74) is 1.20. The maximum Gasteiger partial charge on any atom is 0.269 e. The zero-order valence-corrected chi connectivity index (χ0v) is 17.1. The average molecular weight is 427 g/mol. The summed E-state index contributed by atoms with van der Waals surface area (Å²) < 4.78 is 28.1. The van der Waals surface area contributed by atoms with Gasteiger partial charge in [0.25, 0.3) is 15.9 Å². The van der Waals surface area contributed by atoms with E-state index in [-0.39, 0.29) is 17.0 Å². The van der Waals surface area contributed by atoms with E-state index in [1.807, 2.05) is 35.0 Å². The molecule has 1 fully saturated rings. The number of fused-ring (bicyclic) bond motifs is 1. The number of sulfonamides is 1. The first kappa shape index (κ1) is 18.4. The molecule has 0 bridgehead atoms. The van der Waals surface area contributed by atoms with Gasteiger partial charge in [0.05, 0.1) is 11.3 Å². The maximum atomic E-state index is 12.6. The Morgan fingerprint density at radius 2 is 1.76 bits per heavy atom. The van der Waals surface area contributed by atoms with Crippen molar-refractivity contribution < 1.29 is 13.2 Å². The molecule has 1 aromatic heterocycles. The smallest absolute Gasteiger partial charge is 0.268 e. The van der Waals surface area contributed by atoms with Crippen LogP contribution in [0.5, 0.6) is 0 Å². The largest absolute Gasteiger partial charge is 0.269 e. The van der Waals surface area contributed by atoms with Crippen molar-refractivity contribution >= 4 is 27.7 Å². The molecular formula is C20H18N4O3S2. The van der Waals surface area contributed by atoms with Crippen LogP contribution in [0.4, 0.5) is 0 Å². The van der Waals surface area contributed by atoms with Crippen LogP contribution in [0.2, 0.25) is 0 Å². The molecule has 5 rings (SSSR count). The molecule has 2 aromatic carbocycles. The monoisotopic (exact) mass is 426 g/mol. The molecule has 0 unspecified atom stereocenters. The molecule has 148 valence electrons. The van der Waals surface area contributed by atoms with Crippen LogP contribution in [0.25, 0.3) is 5.69 Å². The number of rotatable bonds is 6. The predicted octanol–water partition coefficient (Wildman–Crippen LogP) is 3.08. The van der Waals surface area contributed by atoms with E-state index in [0.29, 0.717) is 16.8 Å². The lowest BCUT2D eigenvalue weighted by atomic mass is 10.2. The second kappa shape index (κ2) is 7.00. The third-order valence-electron chi connectivity index (χ3n) is 4.99. The second-order valence-corrected chi connectivity index (χ2v) is 9.89. The van der Waals surface area contributed by atoms with Crippen LogP contribution < -0.4 is 0 Å². The van der Waals surface area contributed by atoms with Crippen molar-refractivity contribution in [1.29, 1.82) is 0 Å². The molecule has 9 heteroatoms. The van der Waals surface area contributed by atoms with Crippen LogP contribution in [-0.2, 0) is 10.0 Å². The van der Waals surface area contributed by atoms with Gasteiger partial charge in [-0.15, -0.1) is 5.10 Å². The Bertz CT molecular complexity index is 1190. The minimum Gasteiger partial charge on any atom is -0.268 e. The Labute approximate surface area is 172 Å². The number of aromatic nitrogens is 3. The molecule has 3 aromatic rings. The Balaban J connectivity index is 1.32. The summed E-state index contributed by atoms with van der Waals surface area (Å²) in [6.45, 7) is 0.0825. The van der Waals surface area contributed by atoms with Gasteiger partial charge in [0.1, 0.15) is 10.7 Å². The lowest BCUT2D eigenvalue weighted by Crippen LogP contribution is -2.32. The van der Waals surface area contributed by atoms with Gasteiger partial charge in [-0.2, -0.15) is 0 Å². The molecule has 0 N–H and O–H groups in total. The van der Waals surface area contributed by atoms with E-state index in [9.17, 15) is 13.2 Å². The van der Waals surface area contributed by atoms with E-state index in [1.165, 1.54) is 17.8 Å². The Morgan fingerprint density at radius 1 is 1.03 bits per heavy atom. The highest BCUT2D eigenvalue weighted by Gasteiger charge is 2.40. The van der Waals surface area contributed by atoms with Crippen LogP contribution in [0, 0.1) is 0 Å². The van der Waals surface area contributed by atoms with Crippen molar-refractivity contribution in [3.63, 3.8) is 0 Å². The summed E-state index contributed by atoms with van der Waals surface area (Å²) in [4.78, 5) is 17.2. The number of para-hydroxylation sites is 1. The Hall–Kier alpha value is -2.65. The highest BCUT2D eigenvalue weighted by atomic mass is 32.2. The molecule has 0 spiro atoms. The number of nitrogens with zero attached hydrogens (tertiary/aromatic N) is 4. The fourth-order valence-electron chi connectivity index (χ4n) is 3.40. The fourth-order valence-corrected chi connectivity index (χ4v) is 5.84. The molecule has 1 aliphatic heterocycles. The topological polar surface area (TPSA) is 85.2 Å². The normalized spacial score (nSPS) is 17.5. The summed E-state index contributed by atoms with van der Waals surface area (Å²) in [6.07, 6.45) is 2.21. The third kappa shape index (κ3) is 3.24. The number of hydrogen-bond donors (Lipinski definition) is 0. The molecular weight excluding hydrogens is 408 g/mol. The molecule has 1 saturated carbocycles. The number of carbonyl (C=O) groups excluding carboxylic acids is 1. The first-order valence-corrected chi connectivity index (χ1v) is 11.8. The second-order valence-electron chi connectivity index (χ2n) is 7.00. The molecule has 1 aliphatic carbocycles. The maximum absolute atomic E-state index is 12.6. The van der Waals surface area contributed by atoms with Crippen molar-refractivity contribution in [3.05, 3.63) is 66.0 Å². The van der Waals surface area contributed by atoms with Crippen molar-refractivity contribution in [2.45, 2.75) is 28.8 Å². The lowest BCUT2D eigenvalue weighted by molar-refractivity contribution is 0.0876. The van der Waals surface area contributed by atoms with Gasteiger partial charge in [-0.3, -0.25) is 4.79 Å². The molecule has 29 heavy (non-hydrogen) atoms. The Morgan fingerprint density at radius 3 is 2.48 bits per heavy atom. The summed E-state index contributed by atoms with van der Waals surface area (Å²) in [6, 6.07) is 16.2. The van der Waals surface area contributed by atoms with Gasteiger partial charge in [0.2, 0.25) is 5.16 Å². The van der Waals surface area contributed by atoms with Gasteiger partial charge < -0.3 is 0 Å². The minimum absolute atomic E-state index is 0.0810. The van der Waals surface area contributed by atoms with Gasteiger partial charge in [-0.1, -0.05) is 42.1 Å². The van der Waals surface area contributed by atoms with Gasteiger partial charge in [0, 0.05) is 18.2 Å². The molecule has 1 amide bonds. The molecule has 0 atom stereocenters. The van der Waals surface area contributed by atoms with Crippen LogP contribution >= 0.6 is 11.8 Å². The number of hydrogen-bond acceptors (Lipinski definition) is 6. The van der Waals surface area contributed by atoms with Crippen molar-refractivity contribution in [2.75, 3.05) is 12.3 Å². The number of amides is 1. The van der Waals surface area contributed by atoms with Crippen LogP contribution in [0.3, 0.4) is 0 Å². The lowest BCUT2D eigenvalue weighted by Gasteiger charge is -2.13. The number of carbonyl (C=O) groups is 1. The van der Waals surface area contributed by atoms with Crippen LogP contribution in [0.15, 0.2) is 64.6 Å². The zero-order valence-electron chi connectivity index (χ0n) is 15.4. The predicted molar refractivity (Wildman–Crippen MR) is 109 cm³/mol. The van der Waals surface area contributed by atoms with Crippen molar-refractivity contribution in [1.82, 2.24) is 19.1 Å². The van der Waals surface area contributed by atoms with E-state index in [2.05, 4.69) is 10.1 Å². The molecule has 0 radical (unpaired) electrons. The SMILES string of the molecule is O=C1c2ccccc2S(=O)(=O)N1CCSc1nc(C2CC2)n(-c2ccccc2)n1. The van der Waals surface area contributed by atoms with E-state index in [4.69, 9.17) is 0 Å². The number of benzene rings is 2. The summed E-state index contributed by atoms with van der Waals surface area (Å²) in [7, 11) is -3.77. The first-order valence-electron chi connectivity index (χ1n) is 9.37. The summed E-state index contributed by atoms with van der Waals surface area (Å²) in [5.74, 6) is 1.28. The Kier molecular flexibility index (Phi) is 4.44. The first-order chi connectivity index (χ1) is 14.1. The molecule has 7 nitrogen and oxygen atoms in total. The van der Waals surface area contributed by atoms with E-state index >= 15 is 0 Å². The minimum atomic E-state index is -3.77. The molecule has 2 aliphatic rings. The average Bonchev–Trinajstić information content (AvgIpc) is 3.47. The van der Waals surface area contributed by atoms with Crippen LogP contribution in [0.1, 0.15) is 34.9 Å². The third-order valence-corrected chi connectivity index (χ3v) is 7.65. The molecule has 2 heterocycles. The van der Waals surface area contributed by atoms with E-state index in [1.54, 1.807) is 18.2 Å². The highest BCUT2D eigenvalue weighted by Crippen LogP contribution is 2.40. The van der Waals surface area contributed by atoms with Crippen molar-refractivity contribution in [2.24, 2.45) is 0 Å². The van der Waals surface area contributed by atoms with Gasteiger partial charge in [-0.25, -0.2) is 22.4 Å². The summed E-state index contributed by atoms with van der Waals surface area (Å²) >= 11 is 1.36. The van der Waals surface area contributed by atoms with Crippen molar-refractivity contribution in [3.8, 4) is 5.69 Å².